The highest BCUT2D eigenvalue weighted by molar-refractivity contribution is 5.97. The molecule has 1 aromatic rings. The smallest absolute Gasteiger partial charge is 0.254 e. The Bertz CT molecular complexity index is 958. The number of rotatable bonds is 7. The van der Waals surface area contributed by atoms with Gasteiger partial charge in [-0.2, -0.15) is 5.10 Å². The molecule has 1 aromatic heterocycles. The predicted molar refractivity (Wildman–Crippen MR) is 121 cm³/mol. The zero-order valence-electron chi connectivity index (χ0n) is 18.7. The first-order chi connectivity index (χ1) is 15.9. The minimum atomic E-state index is -0.996. The summed E-state index contributed by atoms with van der Waals surface area (Å²) in [5.41, 5.74) is 13.0. The average Bonchev–Trinajstić information content (AvgIpc) is 3.11. The van der Waals surface area contributed by atoms with Gasteiger partial charge in [0.15, 0.2) is 5.82 Å². The Hall–Kier alpha value is -2.27. The van der Waals surface area contributed by atoms with Crippen LogP contribution >= 0.6 is 0 Å². The fraction of sp³-hybridized carbons (Fsp3) is 0.652. The van der Waals surface area contributed by atoms with Crippen LogP contribution in [-0.2, 0) is 4.74 Å². The number of aliphatic hydroxyl groups is 1. The first kappa shape index (κ1) is 22.5. The van der Waals surface area contributed by atoms with Crippen LogP contribution in [0, 0.1) is 5.41 Å². The number of hydrogen-bond acceptors (Lipinski definition) is 7. The van der Waals surface area contributed by atoms with E-state index in [0.717, 1.165) is 38.5 Å². The fourth-order valence-electron chi connectivity index (χ4n) is 5.52. The van der Waals surface area contributed by atoms with Crippen LogP contribution in [0.3, 0.4) is 0 Å². The molecule has 0 radical (unpaired) electrons. The lowest BCUT2D eigenvalue weighted by Crippen LogP contribution is -2.54. The molecule has 9 nitrogen and oxygen atoms in total. The number of carbonyl (C=O) groups is 1. The van der Waals surface area contributed by atoms with Crippen LogP contribution in [0.4, 0.5) is 10.2 Å². The number of nitrogens with one attached hydrogen (secondary N) is 1. The SMILES string of the molecule is NC(=O)c1cn(C2CC23CCN(C(O)OC2CCCC2)C[C@H]3N)nc1NC1=CCC(F)C=C1. The first-order valence-electron chi connectivity index (χ1n) is 11.9. The third kappa shape index (κ3) is 4.44. The van der Waals surface area contributed by atoms with E-state index in [-0.39, 0.29) is 30.0 Å². The predicted octanol–water partition coefficient (Wildman–Crippen LogP) is 1.78. The Balaban J connectivity index is 1.25. The van der Waals surface area contributed by atoms with Gasteiger partial charge in [-0.3, -0.25) is 14.4 Å². The minimum Gasteiger partial charge on any atom is -0.365 e. The molecule has 1 spiro atoms. The Morgan fingerprint density at radius 1 is 1.39 bits per heavy atom. The number of ether oxygens (including phenoxy) is 1. The van der Waals surface area contributed by atoms with Gasteiger partial charge in [-0.05, 0) is 37.8 Å². The summed E-state index contributed by atoms with van der Waals surface area (Å²) in [6.07, 6.45) is 11.0. The Kier molecular flexibility index (Phi) is 6.02. The molecular weight excluding hydrogens is 427 g/mol. The van der Waals surface area contributed by atoms with Gasteiger partial charge in [-0.1, -0.05) is 18.9 Å². The Morgan fingerprint density at radius 3 is 2.85 bits per heavy atom. The van der Waals surface area contributed by atoms with Crippen molar-refractivity contribution in [1.29, 1.82) is 0 Å². The van der Waals surface area contributed by atoms with Crippen molar-refractivity contribution < 1.29 is 19.0 Å². The molecule has 1 aliphatic heterocycles. The number of amides is 1. The third-order valence-corrected chi connectivity index (χ3v) is 7.67. The summed E-state index contributed by atoms with van der Waals surface area (Å²) >= 11 is 0. The molecule has 1 saturated heterocycles. The van der Waals surface area contributed by atoms with Gasteiger partial charge < -0.3 is 26.6 Å². The quantitative estimate of drug-likeness (QED) is 0.456. The van der Waals surface area contributed by atoms with Gasteiger partial charge in [0.1, 0.15) is 11.7 Å². The molecule has 1 amide bonds. The Labute approximate surface area is 192 Å². The van der Waals surface area contributed by atoms with Crippen LogP contribution in [0.5, 0.6) is 0 Å². The van der Waals surface area contributed by atoms with E-state index in [9.17, 15) is 14.3 Å². The number of anilines is 1. The van der Waals surface area contributed by atoms with E-state index in [4.69, 9.17) is 16.2 Å². The number of allylic oxidation sites excluding steroid dienone is 3. The summed E-state index contributed by atoms with van der Waals surface area (Å²) < 4.78 is 21.0. The van der Waals surface area contributed by atoms with Crippen molar-refractivity contribution in [2.75, 3.05) is 18.4 Å². The lowest BCUT2D eigenvalue weighted by molar-refractivity contribution is -0.224. The second-order valence-electron chi connectivity index (χ2n) is 9.80. The molecule has 10 heteroatoms. The maximum atomic E-state index is 13.3. The second kappa shape index (κ2) is 8.83. The number of piperidine rings is 1. The number of aromatic nitrogens is 2. The van der Waals surface area contributed by atoms with Crippen LogP contribution in [0.2, 0.25) is 0 Å². The van der Waals surface area contributed by atoms with E-state index in [2.05, 4.69) is 10.4 Å². The van der Waals surface area contributed by atoms with E-state index in [1.54, 1.807) is 23.0 Å². The number of nitrogens with zero attached hydrogens (tertiary/aromatic N) is 3. The number of alkyl halides is 1. The standard InChI is InChI=1S/C23H33FN6O3/c24-14-5-7-15(8-6-14)27-21-17(20(26)31)12-30(28-21)19-11-23(19)9-10-29(13-18(23)25)22(32)33-16-3-1-2-4-16/h5,7-8,12,14,16,18-19,22,32H,1-4,6,9-11,13,25H2,(H2,26,31)(H,27,28)/t14?,18-,19?,22?,23?/m1/s1. The molecule has 0 bridgehead atoms. The average molecular weight is 461 g/mol. The molecule has 4 aliphatic rings. The van der Waals surface area contributed by atoms with Crippen LogP contribution < -0.4 is 16.8 Å². The molecule has 6 N–H and O–H groups in total. The normalized spacial score (nSPS) is 33.3. The third-order valence-electron chi connectivity index (χ3n) is 7.67. The topological polar surface area (TPSA) is 132 Å². The number of likely N-dealkylation sites (tertiary alicyclic amines) is 1. The zero-order valence-corrected chi connectivity index (χ0v) is 18.7. The van der Waals surface area contributed by atoms with Crippen LogP contribution in [0.15, 0.2) is 30.1 Å². The number of aliphatic hydroxyl groups excluding tert-OH is 1. The van der Waals surface area contributed by atoms with Gasteiger partial charge in [0, 0.05) is 42.9 Å². The first-order valence-corrected chi connectivity index (χ1v) is 11.9. The molecule has 3 fully saturated rings. The highest BCUT2D eigenvalue weighted by Gasteiger charge is 2.61. The van der Waals surface area contributed by atoms with E-state index in [1.165, 1.54) is 6.08 Å². The molecule has 2 saturated carbocycles. The van der Waals surface area contributed by atoms with Crippen molar-refractivity contribution in [2.45, 2.75) is 75.7 Å². The molecule has 180 valence electrons. The molecule has 3 aliphatic carbocycles. The monoisotopic (exact) mass is 460 g/mol. The van der Waals surface area contributed by atoms with E-state index < -0.39 is 18.5 Å². The van der Waals surface area contributed by atoms with Crippen molar-refractivity contribution in [3.8, 4) is 0 Å². The molecule has 5 atom stereocenters. The molecule has 0 aromatic carbocycles. The Morgan fingerprint density at radius 2 is 2.18 bits per heavy atom. The van der Waals surface area contributed by atoms with Crippen LogP contribution in [0.1, 0.15) is 61.3 Å². The number of primary amides is 1. The molecule has 5 rings (SSSR count). The molecule has 2 heterocycles. The summed E-state index contributed by atoms with van der Waals surface area (Å²) in [6.45, 7) is 1.23. The molecule has 33 heavy (non-hydrogen) atoms. The fourth-order valence-corrected chi connectivity index (χ4v) is 5.52. The van der Waals surface area contributed by atoms with Crippen molar-refractivity contribution in [2.24, 2.45) is 16.9 Å². The lowest BCUT2D eigenvalue weighted by atomic mass is 9.88. The van der Waals surface area contributed by atoms with Crippen LogP contribution in [0.25, 0.3) is 0 Å². The summed E-state index contributed by atoms with van der Waals surface area (Å²) in [6, 6.07) is -0.0940. The van der Waals surface area contributed by atoms with E-state index in [0.29, 0.717) is 30.2 Å². The summed E-state index contributed by atoms with van der Waals surface area (Å²) in [5, 5.41) is 18.2. The van der Waals surface area contributed by atoms with Gasteiger partial charge in [0.25, 0.3) is 5.91 Å². The van der Waals surface area contributed by atoms with Crippen molar-refractivity contribution in [3.63, 3.8) is 0 Å². The van der Waals surface area contributed by atoms with Crippen molar-refractivity contribution >= 4 is 11.7 Å². The largest absolute Gasteiger partial charge is 0.365 e. The highest BCUT2D eigenvalue weighted by Crippen LogP contribution is 2.62. The van der Waals surface area contributed by atoms with E-state index in [1.807, 2.05) is 4.90 Å². The summed E-state index contributed by atoms with van der Waals surface area (Å²) in [5.74, 6) is -0.211. The van der Waals surface area contributed by atoms with Crippen molar-refractivity contribution in [1.82, 2.24) is 14.7 Å². The molecule has 4 unspecified atom stereocenters. The van der Waals surface area contributed by atoms with Gasteiger partial charge in [0.2, 0.25) is 6.41 Å². The van der Waals surface area contributed by atoms with Crippen LogP contribution in [-0.4, -0.2) is 63.5 Å². The number of nitrogens with two attached hydrogens (primary N) is 2. The lowest BCUT2D eigenvalue weighted by Gasteiger charge is -2.40. The maximum Gasteiger partial charge on any atom is 0.254 e. The maximum absolute atomic E-state index is 13.3. The van der Waals surface area contributed by atoms with Gasteiger partial charge in [-0.15, -0.1) is 0 Å². The zero-order chi connectivity index (χ0) is 23.2. The van der Waals surface area contributed by atoms with Gasteiger partial charge >= 0.3 is 0 Å². The number of hydrogen-bond donors (Lipinski definition) is 4. The number of carbonyl (C=O) groups excluding carboxylic acids is 1. The summed E-state index contributed by atoms with van der Waals surface area (Å²) in [7, 11) is 0. The van der Waals surface area contributed by atoms with Gasteiger partial charge in [-0.25, -0.2) is 4.39 Å². The highest BCUT2D eigenvalue weighted by atomic mass is 19.1. The van der Waals surface area contributed by atoms with Crippen molar-refractivity contribution in [3.05, 3.63) is 35.7 Å². The summed E-state index contributed by atoms with van der Waals surface area (Å²) in [4.78, 5) is 13.9. The van der Waals surface area contributed by atoms with Gasteiger partial charge in [0.05, 0.1) is 12.1 Å². The second-order valence-corrected chi connectivity index (χ2v) is 9.80. The minimum absolute atomic E-state index is 0.0577. The number of halogens is 1. The molecular formula is C23H33FN6O3. The van der Waals surface area contributed by atoms with E-state index >= 15 is 0 Å².